The van der Waals surface area contributed by atoms with Crippen molar-refractivity contribution in [1.29, 1.82) is 0 Å². The normalized spacial score (nSPS) is 15.6. The third kappa shape index (κ3) is 5.61. The molecule has 1 saturated heterocycles. The summed E-state index contributed by atoms with van der Waals surface area (Å²) in [5.41, 5.74) is 1.91. The molecule has 3 heterocycles. The van der Waals surface area contributed by atoms with Crippen LogP contribution in [0, 0.1) is 0 Å². The van der Waals surface area contributed by atoms with Crippen molar-refractivity contribution in [3.05, 3.63) is 72.3 Å². The molecule has 2 aromatic heterocycles. The number of ether oxygens (including phenoxy) is 3. The van der Waals surface area contributed by atoms with Crippen LogP contribution >= 0.6 is 0 Å². The van der Waals surface area contributed by atoms with Crippen LogP contribution in [0.2, 0.25) is 0 Å². The highest BCUT2D eigenvalue weighted by Crippen LogP contribution is 2.30. The van der Waals surface area contributed by atoms with E-state index in [1.54, 1.807) is 47.5 Å². The molecule has 1 aliphatic rings. The fourth-order valence-corrected chi connectivity index (χ4v) is 3.49. The lowest BCUT2D eigenvalue weighted by atomic mass is 10.1. The highest BCUT2D eigenvalue weighted by atomic mass is 16.6. The van der Waals surface area contributed by atoms with Crippen molar-refractivity contribution < 1.29 is 19.0 Å². The predicted octanol–water partition coefficient (Wildman–Crippen LogP) is 2.68. The minimum Gasteiger partial charge on any atom is -0.493 e. The molecule has 0 spiro atoms. The van der Waals surface area contributed by atoms with E-state index in [1.165, 1.54) is 0 Å². The summed E-state index contributed by atoms with van der Waals surface area (Å²) >= 11 is 0. The van der Waals surface area contributed by atoms with Gasteiger partial charge in [0.1, 0.15) is 12.6 Å². The summed E-state index contributed by atoms with van der Waals surface area (Å²) in [4.78, 5) is 19.0. The molecule has 8 nitrogen and oxygen atoms in total. The summed E-state index contributed by atoms with van der Waals surface area (Å²) in [6.07, 6.45) is 7.84. The lowest BCUT2D eigenvalue weighted by Gasteiger charge is -2.24. The van der Waals surface area contributed by atoms with Gasteiger partial charge >= 0.3 is 0 Å². The van der Waals surface area contributed by atoms with Crippen LogP contribution < -0.4 is 9.47 Å². The lowest BCUT2D eigenvalue weighted by molar-refractivity contribution is -0.133. The minimum absolute atomic E-state index is 0.0325. The maximum Gasteiger partial charge on any atom is 0.244 e. The Morgan fingerprint density at radius 3 is 2.81 bits per heavy atom. The summed E-state index contributed by atoms with van der Waals surface area (Å²) in [7, 11) is 1.62. The van der Waals surface area contributed by atoms with Crippen LogP contribution in [0.25, 0.3) is 0 Å². The number of pyridine rings is 1. The van der Waals surface area contributed by atoms with Crippen molar-refractivity contribution in [2.45, 2.75) is 32.2 Å². The number of hydrogen-bond acceptors (Lipinski definition) is 6. The fourth-order valence-electron chi connectivity index (χ4n) is 3.49. The van der Waals surface area contributed by atoms with Gasteiger partial charge in [-0.15, -0.1) is 0 Å². The molecular weight excluding hydrogens is 396 g/mol. The zero-order valence-electron chi connectivity index (χ0n) is 17.5. The van der Waals surface area contributed by atoms with Crippen molar-refractivity contribution in [3.63, 3.8) is 0 Å². The quantitative estimate of drug-likeness (QED) is 0.528. The van der Waals surface area contributed by atoms with Crippen LogP contribution in [0.3, 0.4) is 0 Å². The molecule has 1 aromatic carbocycles. The molecule has 1 fully saturated rings. The molecule has 3 aromatic rings. The Bertz CT molecular complexity index is 973. The molecule has 1 aliphatic heterocycles. The topological polar surface area (TPSA) is 78.7 Å². The van der Waals surface area contributed by atoms with Gasteiger partial charge in [0.15, 0.2) is 11.5 Å². The number of methoxy groups -OCH3 is 1. The molecule has 1 atom stereocenters. The Morgan fingerprint density at radius 2 is 2.10 bits per heavy atom. The van der Waals surface area contributed by atoms with Crippen molar-refractivity contribution in [1.82, 2.24) is 19.7 Å². The van der Waals surface area contributed by atoms with Crippen molar-refractivity contribution in [2.75, 3.05) is 20.3 Å². The molecule has 162 valence electrons. The third-order valence-electron chi connectivity index (χ3n) is 5.09. The van der Waals surface area contributed by atoms with E-state index in [2.05, 4.69) is 10.1 Å². The second-order valence-corrected chi connectivity index (χ2v) is 7.40. The number of benzene rings is 1. The highest BCUT2D eigenvalue weighted by Gasteiger charge is 2.20. The second-order valence-electron chi connectivity index (χ2n) is 7.40. The van der Waals surface area contributed by atoms with E-state index in [-0.39, 0.29) is 18.6 Å². The number of amides is 1. The van der Waals surface area contributed by atoms with E-state index in [9.17, 15) is 4.79 Å². The third-order valence-corrected chi connectivity index (χ3v) is 5.09. The van der Waals surface area contributed by atoms with Crippen LogP contribution in [0.15, 0.2) is 61.2 Å². The fraction of sp³-hybridized carbons (Fsp3) is 0.348. The van der Waals surface area contributed by atoms with Gasteiger partial charge in [-0.3, -0.25) is 14.5 Å². The van der Waals surface area contributed by atoms with Gasteiger partial charge in [0.25, 0.3) is 0 Å². The summed E-state index contributed by atoms with van der Waals surface area (Å²) in [6, 6.07) is 11.4. The van der Waals surface area contributed by atoms with E-state index in [0.717, 1.165) is 17.5 Å². The van der Waals surface area contributed by atoms with E-state index in [4.69, 9.17) is 14.2 Å². The van der Waals surface area contributed by atoms with Gasteiger partial charge in [-0.2, -0.15) is 5.10 Å². The summed E-state index contributed by atoms with van der Waals surface area (Å²) in [6.45, 7) is 2.36. The van der Waals surface area contributed by atoms with E-state index >= 15 is 0 Å². The highest BCUT2D eigenvalue weighted by molar-refractivity contribution is 5.76. The summed E-state index contributed by atoms with van der Waals surface area (Å²) in [5, 5.41) is 4.15. The summed E-state index contributed by atoms with van der Waals surface area (Å²) in [5.74, 6) is 1.30. The Labute approximate surface area is 181 Å². The van der Waals surface area contributed by atoms with Crippen LogP contribution in [-0.2, 0) is 29.2 Å². The zero-order valence-corrected chi connectivity index (χ0v) is 17.5. The number of hydrogen-bond donors (Lipinski definition) is 0. The molecule has 0 saturated carbocycles. The van der Waals surface area contributed by atoms with Gasteiger partial charge < -0.3 is 19.1 Å². The smallest absolute Gasteiger partial charge is 0.244 e. The maximum atomic E-state index is 13.0. The molecule has 0 aliphatic carbocycles. The number of aromatic nitrogens is 3. The van der Waals surface area contributed by atoms with Crippen molar-refractivity contribution in [3.8, 4) is 11.5 Å². The van der Waals surface area contributed by atoms with Gasteiger partial charge in [0.2, 0.25) is 5.91 Å². The molecule has 31 heavy (non-hydrogen) atoms. The van der Waals surface area contributed by atoms with Gasteiger partial charge in [0.05, 0.1) is 20.3 Å². The first-order chi connectivity index (χ1) is 15.2. The van der Waals surface area contributed by atoms with Gasteiger partial charge in [0, 0.05) is 44.3 Å². The predicted molar refractivity (Wildman–Crippen MR) is 114 cm³/mol. The van der Waals surface area contributed by atoms with Gasteiger partial charge in [-0.25, -0.2) is 0 Å². The summed E-state index contributed by atoms with van der Waals surface area (Å²) < 4.78 is 18.6. The number of carbonyl (C=O) groups excluding carboxylic acids is 1. The Kier molecular flexibility index (Phi) is 6.78. The molecule has 8 heteroatoms. The maximum absolute atomic E-state index is 13.0. The van der Waals surface area contributed by atoms with E-state index in [0.29, 0.717) is 37.8 Å². The first-order valence-electron chi connectivity index (χ1n) is 10.3. The molecule has 4 rings (SSSR count). The lowest BCUT2D eigenvalue weighted by Crippen LogP contribution is -2.33. The zero-order chi connectivity index (χ0) is 21.5. The minimum atomic E-state index is -0.0325. The first-order valence-corrected chi connectivity index (χ1v) is 10.3. The SMILES string of the molecule is COc1cc(CN(Cc2cccnc2)C(=O)Cn2cccn2)ccc1O[C@H]1CCOC1. The molecule has 0 bridgehead atoms. The average Bonchev–Trinajstić information content (AvgIpc) is 3.49. The number of nitrogens with zero attached hydrogens (tertiary/aromatic N) is 4. The molecule has 0 radical (unpaired) electrons. The molecular formula is C23H26N4O4. The molecule has 0 N–H and O–H groups in total. The largest absolute Gasteiger partial charge is 0.493 e. The van der Waals surface area contributed by atoms with Crippen molar-refractivity contribution in [2.24, 2.45) is 0 Å². The first kappa shape index (κ1) is 20.9. The Morgan fingerprint density at radius 1 is 1.19 bits per heavy atom. The van der Waals surface area contributed by atoms with Gasteiger partial charge in [-0.1, -0.05) is 12.1 Å². The van der Waals surface area contributed by atoms with Crippen LogP contribution in [0.4, 0.5) is 0 Å². The standard InChI is InChI=1S/C23H26N4O4/c1-29-22-12-18(5-6-21(22)31-20-7-11-30-17-20)14-26(15-19-4-2-8-24-13-19)23(28)16-27-10-3-9-25-27/h2-6,8-10,12-13,20H,7,11,14-17H2,1H3/t20-/m0/s1. The van der Waals surface area contributed by atoms with Crippen LogP contribution in [-0.4, -0.2) is 52.0 Å². The van der Waals surface area contributed by atoms with Crippen LogP contribution in [0.1, 0.15) is 17.5 Å². The van der Waals surface area contributed by atoms with Crippen LogP contribution in [0.5, 0.6) is 11.5 Å². The molecule has 1 amide bonds. The molecule has 0 unspecified atom stereocenters. The Hall–Kier alpha value is -3.39. The van der Waals surface area contributed by atoms with Crippen molar-refractivity contribution >= 4 is 5.91 Å². The van der Waals surface area contributed by atoms with E-state index < -0.39 is 0 Å². The number of carbonyl (C=O) groups is 1. The number of rotatable bonds is 9. The average molecular weight is 422 g/mol. The Balaban J connectivity index is 1.51. The van der Waals surface area contributed by atoms with E-state index in [1.807, 2.05) is 30.3 Å². The van der Waals surface area contributed by atoms with Gasteiger partial charge in [-0.05, 0) is 35.4 Å². The second kappa shape index (κ2) is 10.1. The monoisotopic (exact) mass is 422 g/mol.